The lowest BCUT2D eigenvalue weighted by Gasteiger charge is -2.12. The summed E-state index contributed by atoms with van der Waals surface area (Å²) in [6.07, 6.45) is 1.32. The minimum absolute atomic E-state index is 0.00992. The van der Waals surface area contributed by atoms with Crippen LogP contribution in [0.4, 0.5) is 11.4 Å². The molecule has 0 unspecified atom stereocenters. The average molecular weight is 561 g/mol. The van der Waals surface area contributed by atoms with E-state index < -0.39 is 10.8 Å². The van der Waals surface area contributed by atoms with Crippen LogP contribution in [0.25, 0.3) is 6.08 Å². The van der Waals surface area contributed by atoms with Crippen molar-refractivity contribution >= 4 is 62.5 Å². The number of nitro groups is 1. The highest BCUT2D eigenvalue weighted by atomic mass is 79.9. The monoisotopic (exact) mass is 559 g/mol. The Balaban J connectivity index is 1.82. The number of aryl methyl sites for hydroxylation is 1. The molecule has 0 radical (unpaired) electrons. The SMILES string of the molecule is Cc1ccc(NC(=O)/C(C#N)=C/c2cc(Cl)c(OCc3ccccc3Cl)c(Br)c2)c([N+](=O)[O-])c1. The van der Waals surface area contributed by atoms with Crippen molar-refractivity contribution in [1.82, 2.24) is 0 Å². The Morgan fingerprint density at radius 2 is 1.94 bits per heavy atom. The molecule has 34 heavy (non-hydrogen) atoms. The first-order valence-corrected chi connectivity index (χ1v) is 11.3. The van der Waals surface area contributed by atoms with Gasteiger partial charge in [-0.3, -0.25) is 14.9 Å². The van der Waals surface area contributed by atoms with Crippen LogP contribution >= 0.6 is 39.1 Å². The van der Waals surface area contributed by atoms with Gasteiger partial charge in [0.1, 0.15) is 23.9 Å². The third-order valence-corrected chi connectivity index (χ3v) is 5.86. The molecule has 0 aromatic heterocycles. The highest BCUT2D eigenvalue weighted by Gasteiger charge is 2.19. The molecule has 3 aromatic rings. The van der Waals surface area contributed by atoms with Crippen molar-refractivity contribution in [2.75, 3.05) is 5.32 Å². The van der Waals surface area contributed by atoms with E-state index in [1.54, 1.807) is 25.1 Å². The number of nitriles is 1. The Hall–Kier alpha value is -3.38. The van der Waals surface area contributed by atoms with Crippen LogP contribution in [0, 0.1) is 28.4 Å². The first-order chi connectivity index (χ1) is 16.2. The summed E-state index contributed by atoms with van der Waals surface area (Å²) in [5, 5.41) is 24.0. The van der Waals surface area contributed by atoms with Gasteiger partial charge in [-0.05, 0) is 64.3 Å². The number of nitro benzene ring substituents is 1. The molecule has 0 heterocycles. The molecule has 0 aliphatic heterocycles. The maximum absolute atomic E-state index is 12.6. The number of nitrogens with zero attached hydrogens (tertiary/aromatic N) is 2. The summed E-state index contributed by atoms with van der Waals surface area (Å²) in [6.45, 7) is 1.89. The number of halogens is 3. The standard InChI is InChI=1S/C24H16BrCl2N3O4/c1-14-6-7-21(22(8-14)30(32)33)29-24(31)17(12-28)9-15-10-18(25)23(20(27)11-15)34-13-16-4-2-3-5-19(16)26/h2-11H,13H2,1H3,(H,29,31)/b17-9+. The molecule has 0 aliphatic rings. The van der Waals surface area contributed by atoms with Crippen LogP contribution in [0.15, 0.2) is 64.6 Å². The molecule has 0 saturated heterocycles. The van der Waals surface area contributed by atoms with Crippen LogP contribution in [0.3, 0.4) is 0 Å². The number of rotatable bonds is 7. The summed E-state index contributed by atoms with van der Waals surface area (Å²) in [5.74, 6) is -0.419. The number of hydrogen-bond acceptors (Lipinski definition) is 5. The van der Waals surface area contributed by atoms with Crippen molar-refractivity contribution in [3.05, 3.63) is 101 Å². The Morgan fingerprint density at radius 3 is 2.59 bits per heavy atom. The number of hydrogen-bond donors (Lipinski definition) is 1. The van der Waals surface area contributed by atoms with Crippen LogP contribution in [-0.2, 0) is 11.4 Å². The molecule has 0 spiro atoms. The van der Waals surface area contributed by atoms with Crippen LogP contribution in [0.2, 0.25) is 10.0 Å². The fourth-order valence-corrected chi connectivity index (χ4v) is 4.15. The molecule has 0 aliphatic carbocycles. The number of ether oxygens (including phenoxy) is 1. The second-order valence-corrected chi connectivity index (χ2v) is 8.76. The zero-order chi connectivity index (χ0) is 24.8. The minimum atomic E-state index is -0.791. The van der Waals surface area contributed by atoms with Crippen molar-refractivity contribution in [3.8, 4) is 11.8 Å². The summed E-state index contributed by atoms with van der Waals surface area (Å²) in [6, 6.07) is 16.6. The molecule has 1 amide bonds. The van der Waals surface area contributed by atoms with Gasteiger partial charge < -0.3 is 10.1 Å². The van der Waals surface area contributed by atoms with E-state index in [0.29, 0.717) is 26.4 Å². The Morgan fingerprint density at radius 1 is 1.21 bits per heavy atom. The van der Waals surface area contributed by atoms with Gasteiger partial charge in [0.25, 0.3) is 11.6 Å². The smallest absolute Gasteiger partial charge is 0.293 e. The molecular formula is C24H16BrCl2N3O4. The predicted molar refractivity (Wildman–Crippen MR) is 135 cm³/mol. The largest absolute Gasteiger partial charge is 0.486 e. The number of amides is 1. The van der Waals surface area contributed by atoms with Gasteiger partial charge in [0.15, 0.2) is 5.75 Å². The molecule has 7 nitrogen and oxygen atoms in total. The Labute approximate surface area is 213 Å². The Kier molecular flexibility index (Phi) is 8.29. The Bertz CT molecular complexity index is 1330. The van der Waals surface area contributed by atoms with E-state index in [-0.39, 0.29) is 28.6 Å². The van der Waals surface area contributed by atoms with Gasteiger partial charge in [0, 0.05) is 16.7 Å². The highest BCUT2D eigenvalue weighted by Crippen LogP contribution is 2.36. The van der Waals surface area contributed by atoms with Crippen molar-refractivity contribution in [2.24, 2.45) is 0 Å². The molecule has 0 bridgehead atoms. The van der Waals surface area contributed by atoms with Crippen LogP contribution < -0.4 is 10.1 Å². The lowest BCUT2D eigenvalue weighted by Crippen LogP contribution is -2.14. The second-order valence-electron chi connectivity index (χ2n) is 7.10. The zero-order valence-electron chi connectivity index (χ0n) is 17.6. The first-order valence-electron chi connectivity index (χ1n) is 9.73. The summed E-state index contributed by atoms with van der Waals surface area (Å²) in [4.78, 5) is 23.3. The summed E-state index contributed by atoms with van der Waals surface area (Å²) in [7, 11) is 0. The van der Waals surface area contributed by atoms with Gasteiger partial charge in [-0.1, -0.05) is 47.5 Å². The van der Waals surface area contributed by atoms with Crippen LogP contribution in [0.5, 0.6) is 5.75 Å². The van der Waals surface area contributed by atoms with Gasteiger partial charge in [-0.2, -0.15) is 5.26 Å². The molecule has 3 rings (SSSR count). The van der Waals surface area contributed by atoms with Gasteiger partial charge in [-0.15, -0.1) is 0 Å². The van der Waals surface area contributed by atoms with E-state index in [4.69, 9.17) is 27.9 Å². The van der Waals surface area contributed by atoms with Crippen molar-refractivity contribution in [2.45, 2.75) is 13.5 Å². The van der Waals surface area contributed by atoms with Crippen LogP contribution in [0.1, 0.15) is 16.7 Å². The lowest BCUT2D eigenvalue weighted by atomic mass is 10.1. The lowest BCUT2D eigenvalue weighted by molar-refractivity contribution is -0.384. The molecule has 0 fully saturated rings. The number of anilines is 1. The van der Waals surface area contributed by atoms with E-state index in [0.717, 1.165) is 5.56 Å². The van der Waals surface area contributed by atoms with Crippen molar-refractivity contribution in [3.63, 3.8) is 0 Å². The molecule has 3 aromatic carbocycles. The number of carbonyl (C=O) groups is 1. The van der Waals surface area contributed by atoms with Gasteiger partial charge in [0.2, 0.25) is 0 Å². The third kappa shape index (κ3) is 6.14. The third-order valence-electron chi connectivity index (χ3n) is 4.62. The van der Waals surface area contributed by atoms with E-state index in [2.05, 4.69) is 21.2 Å². The maximum Gasteiger partial charge on any atom is 0.293 e. The topological polar surface area (TPSA) is 105 Å². The summed E-state index contributed by atoms with van der Waals surface area (Å²) >= 11 is 15.9. The minimum Gasteiger partial charge on any atom is -0.486 e. The van der Waals surface area contributed by atoms with E-state index in [1.807, 2.05) is 24.3 Å². The first kappa shape index (κ1) is 25.2. The number of benzene rings is 3. The zero-order valence-corrected chi connectivity index (χ0v) is 20.7. The maximum atomic E-state index is 12.6. The number of nitrogens with one attached hydrogen (secondary N) is 1. The molecule has 0 saturated carbocycles. The molecular weight excluding hydrogens is 545 g/mol. The molecule has 0 atom stereocenters. The highest BCUT2D eigenvalue weighted by molar-refractivity contribution is 9.10. The number of carbonyl (C=O) groups excluding carboxylic acids is 1. The van der Waals surface area contributed by atoms with Gasteiger partial charge in [0.05, 0.1) is 14.4 Å². The summed E-state index contributed by atoms with van der Waals surface area (Å²) in [5.41, 5.74) is 1.36. The van der Waals surface area contributed by atoms with Gasteiger partial charge >= 0.3 is 0 Å². The normalized spacial score (nSPS) is 11.0. The van der Waals surface area contributed by atoms with Gasteiger partial charge in [-0.25, -0.2) is 0 Å². The molecule has 172 valence electrons. The summed E-state index contributed by atoms with van der Waals surface area (Å²) < 4.78 is 6.31. The quantitative estimate of drug-likeness (QED) is 0.144. The fraction of sp³-hybridized carbons (Fsp3) is 0.0833. The van der Waals surface area contributed by atoms with E-state index in [1.165, 1.54) is 24.3 Å². The molecule has 1 N–H and O–H groups in total. The van der Waals surface area contributed by atoms with Crippen molar-refractivity contribution < 1.29 is 14.5 Å². The predicted octanol–water partition coefficient (Wildman–Crippen LogP) is 7.10. The van der Waals surface area contributed by atoms with E-state index in [9.17, 15) is 20.2 Å². The molecule has 10 heteroatoms. The van der Waals surface area contributed by atoms with Crippen LogP contribution in [-0.4, -0.2) is 10.8 Å². The average Bonchev–Trinajstić information content (AvgIpc) is 2.79. The fourth-order valence-electron chi connectivity index (χ4n) is 2.97. The second kappa shape index (κ2) is 11.2. The van der Waals surface area contributed by atoms with Crippen molar-refractivity contribution in [1.29, 1.82) is 5.26 Å². The van der Waals surface area contributed by atoms with E-state index >= 15 is 0 Å².